The van der Waals surface area contributed by atoms with Crippen molar-refractivity contribution in [3.8, 4) is 5.75 Å². The standard InChI is InChI=1S/C23H19NO4/c1-14(25)16-6-5-7-17(12-16)24-23(26)15(2)27-18-10-11-22-20(13-18)19-8-3-4-9-21(19)28-22/h3-13,15H,1-2H3,(H,24,26). The molecule has 0 fully saturated rings. The van der Waals surface area contributed by atoms with Crippen LogP contribution in [0.3, 0.4) is 0 Å². The molecule has 4 rings (SSSR count). The summed E-state index contributed by atoms with van der Waals surface area (Å²) in [5.74, 6) is 0.234. The summed E-state index contributed by atoms with van der Waals surface area (Å²) in [4.78, 5) is 24.0. The number of amides is 1. The smallest absolute Gasteiger partial charge is 0.265 e. The van der Waals surface area contributed by atoms with Gasteiger partial charge in [-0.1, -0.05) is 30.3 Å². The van der Waals surface area contributed by atoms with E-state index in [0.29, 0.717) is 17.0 Å². The molecule has 1 N–H and O–H groups in total. The van der Waals surface area contributed by atoms with Crippen LogP contribution in [-0.2, 0) is 4.79 Å². The molecule has 0 aliphatic carbocycles. The van der Waals surface area contributed by atoms with Crippen LogP contribution < -0.4 is 10.1 Å². The van der Waals surface area contributed by atoms with Crippen LogP contribution in [-0.4, -0.2) is 17.8 Å². The maximum absolute atomic E-state index is 12.5. The van der Waals surface area contributed by atoms with Gasteiger partial charge in [-0.05, 0) is 50.2 Å². The quantitative estimate of drug-likeness (QED) is 0.489. The van der Waals surface area contributed by atoms with Crippen LogP contribution in [0.25, 0.3) is 21.9 Å². The molecule has 4 aromatic rings. The Kier molecular flexibility index (Phi) is 4.57. The van der Waals surface area contributed by atoms with Crippen molar-refractivity contribution in [1.29, 1.82) is 0 Å². The summed E-state index contributed by atoms with van der Waals surface area (Å²) in [6.07, 6.45) is -0.711. The Morgan fingerprint density at radius 1 is 0.929 bits per heavy atom. The van der Waals surface area contributed by atoms with E-state index in [1.54, 1.807) is 37.3 Å². The van der Waals surface area contributed by atoms with Gasteiger partial charge in [0.05, 0.1) is 0 Å². The van der Waals surface area contributed by atoms with Crippen LogP contribution in [0.2, 0.25) is 0 Å². The first-order valence-electron chi connectivity index (χ1n) is 9.01. The Balaban J connectivity index is 1.52. The maximum Gasteiger partial charge on any atom is 0.265 e. The molecule has 0 radical (unpaired) electrons. The normalized spacial score (nSPS) is 12.1. The van der Waals surface area contributed by atoms with E-state index in [4.69, 9.17) is 9.15 Å². The van der Waals surface area contributed by atoms with Crippen LogP contribution in [0.5, 0.6) is 5.75 Å². The van der Waals surface area contributed by atoms with E-state index in [2.05, 4.69) is 5.32 Å². The lowest BCUT2D eigenvalue weighted by molar-refractivity contribution is -0.122. The number of carbonyl (C=O) groups excluding carboxylic acids is 2. The topological polar surface area (TPSA) is 68.5 Å². The molecule has 0 aliphatic heterocycles. The molecular formula is C23H19NO4. The molecule has 0 spiro atoms. The molecule has 1 heterocycles. The molecule has 140 valence electrons. The van der Waals surface area contributed by atoms with Gasteiger partial charge < -0.3 is 14.5 Å². The van der Waals surface area contributed by atoms with E-state index >= 15 is 0 Å². The SMILES string of the molecule is CC(=O)c1cccc(NC(=O)C(C)Oc2ccc3oc4ccccc4c3c2)c1. The monoisotopic (exact) mass is 373 g/mol. The third-order valence-electron chi connectivity index (χ3n) is 4.57. The van der Waals surface area contributed by atoms with Crippen LogP contribution >= 0.6 is 0 Å². The maximum atomic E-state index is 12.5. The summed E-state index contributed by atoms with van der Waals surface area (Å²) in [5.41, 5.74) is 2.69. The lowest BCUT2D eigenvalue weighted by atomic mass is 10.1. The Hall–Kier alpha value is -3.60. The molecule has 3 aromatic carbocycles. The number of furan rings is 1. The van der Waals surface area contributed by atoms with Crippen LogP contribution in [0, 0.1) is 0 Å². The van der Waals surface area contributed by atoms with E-state index in [9.17, 15) is 9.59 Å². The summed E-state index contributed by atoms with van der Waals surface area (Å²) in [5, 5.41) is 4.73. The summed E-state index contributed by atoms with van der Waals surface area (Å²) in [6.45, 7) is 3.17. The Labute approximate surface area is 161 Å². The summed E-state index contributed by atoms with van der Waals surface area (Å²) in [7, 11) is 0. The van der Waals surface area contributed by atoms with Crippen molar-refractivity contribution in [2.24, 2.45) is 0 Å². The Bertz CT molecular complexity index is 1190. The van der Waals surface area contributed by atoms with Crippen molar-refractivity contribution in [3.05, 3.63) is 72.3 Å². The zero-order valence-electron chi connectivity index (χ0n) is 15.6. The van der Waals surface area contributed by atoms with Gasteiger partial charge >= 0.3 is 0 Å². The number of rotatable bonds is 5. The third-order valence-corrected chi connectivity index (χ3v) is 4.57. The van der Waals surface area contributed by atoms with E-state index in [0.717, 1.165) is 21.9 Å². The second-order valence-corrected chi connectivity index (χ2v) is 6.64. The number of hydrogen-bond donors (Lipinski definition) is 1. The fourth-order valence-electron chi connectivity index (χ4n) is 3.10. The highest BCUT2D eigenvalue weighted by molar-refractivity contribution is 6.05. The first kappa shape index (κ1) is 17.8. The van der Waals surface area contributed by atoms with Crippen molar-refractivity contribution < 1.29 is 18.7 Å². The van der Waals surface area contributed by atoms with Crippen molar-refractivity contribution in [1.82, 2.24) is 0 Å². The highest BCUT2D eigenvalue weighted by atomic mass is 16.5. The highest BCUT2D eigenvalue weighted by Crippen LogP contribution is 2.31. The minimum absolute atomic E-state index is 0.0546. The summed E-state index contributed by atoms with van der Waals surface area (Å²) >= 11 is 0. The van der Waals surface area contributed by atoms with Gasteiger partial charge in [-0.2, -0.15) is 0 Å². The van der Waals surface area contributed by atoms with Crippen LogP contribution in [0.4, 0.5) is 5.69 Å². The molecule has 0 aliphatic rings. The van der Waals surface area contributed by atoms with E-state index < -0.39 is 6.10 Å². The Morgan fingerprint density at radius 3 is 2.54 bits per heavy atom. The molecule has 5 nitrogen and oxygen atoms in total. The van der Waals surface area contributed by atoms with Gasteiger partial charge in [0.15, 0.2) is 11.9 Å². The predicted molar refractivity (Wildman–Crippen MR) is 109 cm³/mol. The highest BCUT2D eigenvalue weighted by Gasteiger charge is 2.16. The fraction of sp³-hybridized carbons (Fsp3) is 0.130. The number of anilines is 1. The van der Waals surface area contributed by atoms with Crippen molar-refractivity contribution in [3.63, 3.8) is 0 Å². The van der Waals surface area contributed by atoms with E-state index in [-0.39, 0.29) is 11.7 Å². The molecule has 1 atom stereocenters. The number of ether oxygens (including phenoxy) is 1. The summed E-state index contributed by atoms with van der Waals surface area (Å²) in [6, 6.07) is 20.1. The zero-order chi connectivity index (χ0) is 19.7. The van der Waals surface area contributed by atoms with Crippen molar-refractivity contribution in [2.45, 2.75) is 20.0 Å². The first-order chi connectivity index (χ1) is 13.5. The van der Waals surface area contributed by atoms with Gasteiger partial charge in [0.2, 0.25) is 0 Å². The van der Waals surface area contributed by atoms with Gasteiger partial charge in [0.25, 0.3) is 5.91 Å². The molecule has 1 unspecified atom stereocenters. The van der Waals surface area contributed by atoms with Crippen LogP contribution in [0.1, 0.15) is 24.2 Å². The number of para-hydroxylation sites is 1. The number of ketones is 1. The van der Waals surface area contributed by atoms with E-state index in [1.165, 1.54) is 6.92 Å². The largest absolute Gasteiger partial charge is 0.481 e. The number of hydrogen-bond acceptors (Lipinski definition) is 4. The molecule has 1 aromatic heterocycles. The minimum atomic E-state index is -0.711. The molecule has 0 bridgehead atoms. The second-order valence-electron chi connectivity index (χ2n) is 6.64. The molecule has 0 saturated heterocycles. The van der Waals surface area contributed by atoms with Gasteiger partial charge in [0, 0.05) is 22.0 Å². The van der Waals surface area contributed by atoms with Crippen molar-refractivity contribution in [2.75, 3.05) is 5.32 Å². The summed E-state index contributed by atoms with van der Waals surface area (Å²) < 4.78 is 11.6. The van der Waals surface area contributed by atoms with Gasteiger partial charge in [-0.25, -0.2) is 0 Å². The average Bonchev–Trinajstić information content (AvgIpc) is 3.06. The van der Waals surface area contributed by atoms with Gasteiger partial charge in [-0.3, -0.25) is 9.59 Å². The first-order valence-corrected chi connectivity index (χ1v) is 9.01. The lowest BCUT2D eigenvalue weighted by Crippen LogP contribution is -2.30. The number of nitrogens with one attached hydrogen (secondary N) is 1. The predicted octanol–water partition coefficient (Wildman–Crippen LogP) is 5.19. The Morgan fingerprint density at radius 2 is 1.71 bits per heavy atom. The number of fused-ring (bicyclic) bond motifs is 3. The van der Waals surface area contributed by atoms with E-state index in [1.807, 2.05) is 36.4 Å². The zero-order valence-corrected chi connectivity index (χ0v) is 15.6. The molecule has 28 heavy (non-hydrogen) atoms. The molecular weight excluding hydrogens is 354 g/mol. The lowest BCUT2D eigenvalue weighted by Gasteiger charge is -2.15. The second kappa shape index (κ2) is 7.19. The van der Waals surface area contributed by atoms with Crippen molar-refractivity contribution >= 4 is 39.3 Å². The molecule has 1 amide bonds. The minimum Gasteiger partial charge on any atom is -0.481 e. The van der Waals surface area contributed by atoms with Crippen LogP contribution in [0.15, 0.2) is 71.1 Å². The number of carbonyl (C=O) groups is 2. The fourth-order valence-corrected chi connectivity index (χ4v) is 3.10. The molecule has 0 saturated carbocycles. The van der Waals surface area contributed by atoms with Gasteiger partial charge in [0.1, 0.15) is 16.9 Å². The number of Topliss-reactive ketones (excluding diaryl/α,β-unsaturated/α-hetero) is 1. The molecule has 5 heteroatoms. The average molecular weight is 373 g/mol. The van der Waals surface area contributed by atoms with Gasteiger partial charge in [-0.15, -0.1) is 0 Å². The number of benzene rings is 3. The third kappa shape index (κ3) is 3.47.